The van der Waals surface area contributed by atoms with Gasteiger partial charge in [-0.1, -0.05) is 60.7 Å². The molecule has 0 radical (unpaired) electrons. The lowest BCUT2D eigenvalue weighted by Crippen LogP contribution is -2.20. The minimum Gasteiger partial charge on any atom is -0.488 e. The van der Waals surface area contributed by atoms with Crippen LogP contribution < -0.4 is 14.8 Å². The maximum Gasteiger partial charge on any atom is 0.514 e. The van der Waals surface area contributed by atoms with Gasteiger partial charge in [-0.15, -0.1) is 0 Å². The second kappa shape index (κ2) is 11.6. The largest absolute Gasteiger partial charge is 0.514 e. The molecule has 5 nitrogen and oxygen atoms in total. The number of hydrogen-bond acceptors (Lipinski definition) is 5. The van der Waals surface area contributed by atoms with Gasteiger partial charge in [-0.2, -0.15) is 13.2 Å². The van der Waals surface area contributed by atoms with Crippen molar-refractivity contribution in [1.82, 2.24) is 5.32 Å². The number of carbonyl (C=O) groups excluding carboxylic acids is 1. The highest BCUT2D eigenvalue weighted by Crippen LogP contribution is 2.36. The lowest BCUT2D eigenvalue weighted by molar-refractivity contribution is -0.139. The van der Waals surface area contributed by atoms with E-state index in [2.05, 4.69) is 11.4 Å². The van der Waals surface area contributed by atoms with Crippen LogP contribution >= 0.6 is 0 Å². The van der Waals surface area contributed by atoms with E-state index in [1.54, 1.807) is 24.3 Å². The molecule has 0 aromatic heterocycles. The molecule has 0 saturated carbocycles. The molecule has 0 bridgehead atoms. The van der Waals surface area contributed by atoms with Crippen molar-refractivity contribution in [3.05, 3.63) is 113 Å². The fourth-order valence-electron chi connectivity index (χ4n) is 4.49. The Morgan fingerprint density at radius 2 is 1.67 bits per heavy atom. The van der Waals surface area contributed by atoms with Crippen LogP contribution in [0.1, 0.15) is 28.7 Å². The average molecular weight is 534 g/mol. The van der Waals surface area contributed by atoms with Crippen molar-refractivity contribution in [2.45, 2.75) is 25.8 Å². The average Bonchev–Trinajstić information content (AvgIpc) is 2.95. The van der Waals surface area contributed by atoms with Crippen LogP contribution in [0.2, 0.25) is 0 Å². The van der Waals surface area contributed by atoms with Gasteiger partial charge in [-0.25, -0.2) is 4.79 Å². The lowest BCUT2D eigenvalue weighted by Gasteiger charge is -2.19. The van der Waals surface area contributed by atoms with Gasteiger partial charge in [-0.3, -0.25) is 0 Å². The molecule has 1 heterocycles. The Morgan fingerprint density at radius 3 is 2.46 bits per heavy atom. The smallest absolute Gasteiger partial charge is 0.488 e. The quantitative estimate of drug-likeness (QED) is 0.197. The molecule has 0 unspecified atom stereocenters. The molecular formula is C31H26F3NO4. The van der Waals surface area contributed by atoms with E-state index in [-0.39, 0.29) is 19.0 Å². The highest BCUT2D eigenvalue weighted by atomic mass is 19.4. The van der Waals surface area contributed by atoms with Crippen LogP contribution in [0.4, 0.5) is 18.0 Å². The first kappa shape index (κ1) is 26.3. The van der Waals surface area contributed by atoms with E-state index in [4.69, 9.17) is 14.2 Å². The third kappa shape index (κ3) is 6.59. The predicted octanol–water partition coefficient (Wildman–Crippen LogP) is 7.53. The zero-order chi connectivity index (χ0) is 27.2. The van der Waals surface area contributed by atoms with Crippen molar-refractivity contribution < 1.29 is 32.2 Å². The summed E-state index contributed by atoms with van der Waals surface area (Å²) in [5.41, 5.74) is 2.57. The molecule has 0 amide bonds. The number of ether oxygens (including phenoxy) is 3. The van der Waals surface area contributed by atoms with Crippen molar-refractivity contribution in [2.75, 3.05) is 13.1 Å². The SMILES string of the molecule is O=C(OCc1ccc(COc2ccccc2C(F)(F)F)cc1C1=CCNCC1)Oc1ccc2ccccc2c1. The number of alkyl halides is 3. The molecule has 8 heteroatoms. The number of nitrogens with one attached hydrogen (secondary N) is 1. The number of halogens is 3. The van der Waals surface area contributed by atoms with Crippen LogP contribution in [0.25, 0.3) is 16.3 Å². The predicted molar refractivity (Wildman–Crippen MR) is 142 cm³/mol. The minimum atomic E-state index is -4.51. The molecule has 0 spiro atoms. The molecule has 0 saturated heterocycles. The van der Waals surface area contributed by atoms with Crippen LogP contribution in [-0.2, 0) is 24.1 Å². The normalized spacial score (nSPS) is 13.6. The summed E-state index contributed by atoms with van der Waals surface area (Å²) in [5, 5.41) is 5.24. The molecule has 4 aromatic carbocycles. The number of benzene rings is 4. The standard InChI is InChI=1S/C31H26F3NO4/c32-31(33,34)28-7-3-4-8-29(28)37-19-21-9-10-25(27(17-21)23-13-15-35-16-14-23)20-38-30(36)39-26-12-11-22-5-1-2-6-24(22)18-26/h1-13,17-18,35H,14-16,19-20H2. The Labute approximate surface area is 223 Å². The Hall–Kier alpha value is -4.30. The van der Waals surface area contributed by atoms with Crippen LogP contribution in [-0.4, -0.2) is 19.2 Å². The maximum atomic E-state index is 13.3. The first-order valence-electron chi connectivity index (χ1n) is 12.5. The van der Waals surface area contributed by atoms with Crippen molar-refractivity contribution in [3.63, 3.8) is 0 Å². The van der Waals surface area contributed by atoms with E-state index in [0.29, 0.717) is 17.9 Å². The van der Waals surface area contributed by atoms with Crippen molar-refractivity contribution >= 4 is 22.5 Å². The summed E-state index contributed by atoms with van der Waals surface area (Å²) in [4.78, 5) is 12.5. The second-order valence-corrected chi connectivity index (χ2v) is 9.11. The van der Waals surface area contributed by atoms with Crippen LogP contribution in [0.5, 0.6) is 11.5 Å². The summed E-state index contributed by atoms with van der Waals surface area (Å²) in [6, 6.07) is 23.7. The van der Waals surface area contributed by atoms with Crippen LogP contribution in [0.15, 0.2) is 91.0 Å². The molecule has 0 aliphatic carbocycles. The Balaban J connectivity index is 1.30. The number of rotatable bonds is 7. The Bertz CT molecular complexity index is 1510. The van der Waals surface area contributed by atoms with Gasteiger partial charge in [0.1, 0.15) is 24.7 Å². The molecule has 39 heavy (non-hydrogen) atoms. The minimum absolute atomic E-state index is 0.0233. The summed E-state index contributed by atoms with van der Waals surface area (Å²) in [5.74, 6) is 0.156. The topological polar surface area (TPSA) is 56.8 Å². The highest BCUT2D eigenvalue weighted by Gasteiger charge is 2.34. The molecule has 1 aliphatic heterocycles. The maximum absolute atomic E-state index is 13.3. The van der Waals surface area contributed by atoms with E-state index in [0.717, 1.165) is 46.5 Å². The molecule has 1 N–H and O–H groups in total. The molecule has 0 fully saturated rings. The highest BCUT2D eigenvalue weighted by molar-refractivity contribution is 5.84. The van der Waals surface area contributed by atoms with Crippen molar-refractivity contribution in [2.24, 2.45) is 0 Å². The summed E-state index contributed by atoms with van der Waals surface area (Å²) < 4.78 is 56.4. The zero-order valence-corrected chi connectivity index (χ0v) is 21.0. The first-order valence-corrected chi connectivity index (χ1v) is 12.5. The van der Waals surface area contributed by atoms with E-state index < -0.39 is 17.9 Å². The van der Waals surface area contributed by atoms with Gasteiger partial charge in [0.2, 0.25) is 0 Å². The third-order valence-corrected chi connectivity index (χ3v) is 6.44. The van der Waals surface area contributed by atoms with E-state index in [1.165, 1.54) is 18.2 Å². The van der Waals surface area contributed by atoms with Gasteiger partial charge >= 0.3 is 12.3 Å². The van der Waals surface area contributed by atoms with Crippen LogP contribution in [0, 0.1) is 0 Å². The van der Waals surface area contributed by atoms with Gasteiger partial charge in [0.25, 0.3) is 0 Å². The van der Waals surface area contributed by atoms with E-state index in [1.807, 2.05) is 36.4 Å². The Kier molecular flexibility index (Phi) is 7.84. The number of fused-ring (bicyclic) bond motifs is 1. The molecule has 200 valence electrons. The van der Waals surface area contributed by atoms with Crippen molar-refractivity contribution in [1.29, 1.82) is 0 Å². The van der Waals surface area contributed by atoms with E-state index in [9.17, 15) is 18.0 Å². The van der Waals surface area contributed by atoms with Gasteiger partial charge < -0.3 is 19.5 Å². The molecule has 5 rings (SSSR count). The molecule has 4 aromatic rings. The first-order chi connectivity index (χ1) is 18.9. The van der Waals surface area contributed by atoms with Crippen LogP contribution in [0.3, 0.4) is 0 Å². The number of carbonyl (C=O) groups is 1. The van der Waals surface area contributed by atoms with Crippen molar-refractivity contribution in [3.8, 4) is 11.5 Å². The van der Waals surface area contributed by atoms with Gasteiger partial charge in [0.15, 0.2) is 0 Å². The molecule has 0 atom stereocenters. The van der Waals surface area contributed by atoms with Gasteiger partial charge in [0.05, 0.1) is 5.56 Å². The van der Waals surface area contributed by atoms with Gasteiger partial charge in [0, 0.05) is 6.54 Å². The fraction of sp³-hybridized carbons (Fsp3) is 0.194. The molecular weight excluding hydrogens is 507 g/mol. The lowest BCUT2D eigenvalue weighted by atomic mass is 9.94. The van der Waals surface area contributed by atoms with E-state index >= 15 is 0 Å². The summed E-state index contributed by atoms with van der Waals surface area (Å²) in [6.07, 6.45) is -2.52. The van der Waals surface area contributed by atoms with Gasteiger partial charge in [-0.05, 0) is 76.3 Å². The second-order valence-electron chi connectivity index (χ2n) is 9.11. The summed E-state index contributed by atoms with van der Waals surface area (Å²) in [6.45, 7) is 1.41. The Morgan fingerprint density at radius 1 is 0.872 bits per heavy atom. The number of para-hydroxylation sites is 1. The summed E-state index contributed by atoms with van der Waals surface area (Å²) in [7, 11) is 0. The molecule has 1 aliphatic rings. The third-order valence-electron chi connectivity index (χ3n) is 6.44. The fourth-order valence-corrected chi connectivity index (χ4v) is 4.49. The number of hydrogen-bond donors (Lipinski definition) is 1. The monoisotopic (exact) mass is 533 g/mol. The summed E-state index contributed by atoms with van der Waals surface area (Å²) >= 11 is 0. The zero-order valence-electron chi connectivity index (χ0n) is 21.0.